The summed E-state index contributed by atoms with van der Waals surface area (Å²) < 4.78 is 26.7. The van der Waals surface area contributed by atoms with Gasteiger partial charge < -0.3 is 5.32 Å². The molecule has 1 atom stereocenters. The number of hydrogen-bond acceptors (Lipinski definition) is 1. The Kier molecular flexibility index (Phi) is 4.51. The molecule has 0 aliphatic rings. The van der Waals surface area contributed by atoms with Crippen molar-refractivity contribution in [2.75, 3.05) is 6.54 Å². The van der Waals surface area contributed by atoms with Gasteiger partial charge in [-0.05, 0) is 35.9 Å². The molecule has 0 aromatic heterocycles. The van der Waals surface area contributed by atoms with Crippen molar-refractivity contribution in [3.8, 4) is 0 Å². The summed E-state index contributed by atoms with van der Waals surface area (Å²) in [6.07, 6.45) is 0. The summed E-state index contributed by atoms with van der Waals surface area (Å²) in [5.74, 6) is -1.19. The molecule has 0 bridgehead atoms. The van der Waals surface area contributed by atoms with Crippen LogP contribution >= 0.6 is 11.6 Å². The van der Waals surface area contributed by atoms with Gasteiger partial charge in [0.15, 0.2) is 0 Å². The van der Waals surface area contributed by atoms with E-state index in [0.29, 0.717) is 17.1 Å². The Bertz CT molecular complexity index is 552. The number of rotatable bonds is 4. The molecule has 0 spiro atoms. The number of hydrogen-bond donors (Lipinski definition) is 1. The van der Waals surface area contributed by atoms with E-state index in [0.717, 1.165) is 11.6 Å². The minimum Gasteiger partial charge on any atom is -0.306 e. The van der Waals surface area contributed by atoms with Crippen LogP contribution in [0.1, 0.15) is 24.1 Å². The molecule has 0 aliphatic heterocycles. The standard InChI is InChI=1S/C15H14ClF2N/c1-2-19-15(13-5-3-4-6-14(13)16)10-7-11(17)9-12(18)8-10/h3-9,15,19H,2H2,1H3. The van der Waals surface area contributed by atoms with Crippen molar-refractivity contribution < 1.29 is 8.78 Å². The van der Waals surface area contributed by atoms with E-state index in [1.165, 1.54) is 12.1 Å². The monoisotopic (exact) mass is 281 g/mol. The summed E-state index contributed by atoms with van der Waals surface area (Å²) in [5.41, 5.74) is 1.32. The van der Waals surface area contributed by atoms with Gasteiger partial charge in [0.1, 0.15) is 11.6 Å². The molecule has 0 saturated heterocycles. The normalized spacial score (nSPS) is 12.4. The summed E-state index contributed by atoms with van der Waals surface area (Å²) in [6, 6.07) is 10.4. The van der Waals surface area contributed by atoms with Crippen LogP contribution in [0.15, 0.2) is 42.5 Å². The molecule has 2 rings (SSSR count). The maximum Gasteiger partial charge on any atom is 0.126 e. The Morgan fingerprint density at radius 1 is 1.11 bits per heavy atom. The fourth-order valence-corrected chi connectivity index (χ4v) is 2.31. The summed E-state index contributed by atoms with van der Waals surface area (Å²) in [6.45, 7) is 2.59. The van der Waals surface area contributed by atoms with E-state index in [-0.39, 0.29) is 6.04 Å². The number of halogens is 3. The van der Waals surface area contributed by atoms with Crippen molar-refractivity contribution in [3.05, 3.63) is 70.2 Å². The first-order valence-corrected chi connectivity index (χ1v) is 6.43. The minimum atomic E-state index is -0.593. The van der Waals surface area contributed by atoms with Gasteiger partial charge in [-0.3, -0.25) is 0 Å². The Labute approximate surface area is 116 Å². The molecule has 0 saturated carbocycles. The van der Waals surface area contributed by atoms with Crippen molar-refractivity contribution in [2.24, 2.45) is 0 Å². The van der Waals surface area contributed by atoms with Crippen LogP contribution in [-0.4, -0.2) is 6.54 Å². The zero-order valence-electron chi connectivity index (χ0n) is 10.5. The smallest absolute Gasteiger partial charge is 0.126 e. The second-order valence-corrected chi connectivity index (χ2v) is 4.62. The second kappa shape index (κ2) is 6.13. The van der Waals surface area contributed by atoms with E-state index in [2.05, 4.69) is 5.32 Å². The zero-order chi connectivity index (χ0) is 13.8. The molecule has 0 amide bonds. The third kappa shape index (κ3) is 3.31. The molecule has 1 nitrogen and oxygen atoms in total. The molecule has 0 radical (unpaired) electrons. The highest BCUT2D eigenvalue weighted by atomic mass is 35.5. The number of benzene rings is 2. The third-order valence-electron chi connectivity index (χ3n) is 2.84. The van der Waals surface area contributed by atoms with Crippen LogP contribution in [0.4, 0.5) is 8.78 Å². The van der Waals surface area contributed by atoms with Crippen molar-refractivity contribution in [1.29, 1.82) is 0 Å². The lowest BCUT2D eigenvalue weighted by Gasteiger charge is -2.20. The summed E-state index contributed by atoms with van der Waals surface area (Å²) in [5, 5.41) is 3.76. The minimum absolute atomic E-state index is 0.330. The predicted molar refractivity (Wildman–Crippen MR) is 73.3 cm³/mol. The van der Waals surface area contributed by atoms with E-state index in [4.69, 9.17) is 11.6 Å². The Hall–Kier alpha value is -1.45. The van der Waals surface area contributed by atoms with Crippen LogP contribution in [0.2, 0.25) is 5.02 Å². The van der Waals surface area contributed by atoms with Gasteiger partial charge in [-0.15, -0.1) is 0 Å². The van der Waals surface area contributed by atoms with Gasteiger partial charge in [0.05, 0.1) is 6.04 Å². The topological polar surface area (TPSA) is 12.0 Å². The van der Waals surface area contributed by atoms with Crippen molar-refractivity contribution in [3.63, 3.8) is 0 Å². The maximum atomic E-state index is 13.3. The van der Waals surface area contributed by atoms with Crippen molar-refractivity contribution in [2.45, 2.75) is 13.0 Å². The Balaban J connectivity index is 2.48. The highest BCUT2D eigenvalue weighted by Crippen LogP contribution is 2.29. The van der Waals surface area contributed by atoms with Gasteiger partial charge in [-0.2, -0.15) is 0 Å². The van der Waals surface area contributed by atoms with E-state index in [1.54, 1.807) is 6.07 Å². The first-order chi connectivity index (χ1) is 9.11. The summed E-state index contributed by atoms with van der Waals surface area (Å²) in [4.78, 5) is 0. The molecule has 100 valence electrons. The second-order valence-electron chi connectivity index (χ2n) is 4.21. The first kappa shape index (κ1) is 14.0. The maximum absolute atomic E-state index is 13.3. The summed E-state index contributed by atoms with van der Waals surface area (Å²) >= 11 is 6.16. The molecule has 4 heteroatoms. The molecular formula is C15H14ClF2N. The van der Waals surface area contributed by atoms with Crippen LogP contribution in [0.3, 0.4) is 0 Å². The van der Waals surface area contributed by atoms with Gasteiger partial charge >= 0.3 is 0 Å². The van der Waals surface area contributed by atoms with E-state index < -0.39 is 11.6 Å². The molecule has 2 aromatic rings. The lowest BCUT2D eigenvalue weighted by molar-refractivity contribution is 0.565. The van der Waals surface area contributed by atoms with Gasteiger partial charge in [0.2, 0.25) is 0 Å². The van der Waals surface area contributed by atoms with Gasteiger partial charge in [-0.1, -0.05) is 36.7 Å². The van der Waals surface area contributed by atoms with Gasteiger partial charge in [-0.25, -0.2) is 8.78 Å². The fraction of sp³-hybridized carbons (Fsp3) is 0.200. The largest absolute Gasteiger partial charge is 0.306 e. The molecule has 19 heavy (non-hydrogen) atoms. The zero-order valence-corrected chi connectivity index (χ0v) is 11.2. The highest BCUT2D eigenvalue weighted by Gasteiger charge is 2.17. The average Bonchev–Trinajstić information content (AvgIpc) is 2.36. The Morgan fingerprint density at radius 2 is 1.74 bits per heavy atom. The van der Waals surface area contributed by atoms with Gasteiger partial charge in [0.25, 0.3) is 0 Å². The molecule has 0 heterocycles. The number of nitrogens with one attached hydrogen (secondary N) is 1. The highest BCUT2D eigenvalue weighted by molar-refractivity contribution is 6.31. The van der Waals surface area contributed by atoms with E-state index in [9.17, 15) is 8.78 Å². The molecular weight excluding hydrogens is 268 g/mol. The van der Waals surface area contributed by atoms with Crippen LogP contribution < -0.4 is 5.32 Å². The Morgan fingerprint density at radius 3 is 2.32 bits per heavy atom. The molecule has 1 N–H and O–H groups in total. The van der Waals surface area contributed by atoms with Crippen molar-refractivity contribution in [1.82, 2.24) is 5.32 Å². The van der Waals surface area contributed by atoms with Crippen molar-refractivity contribution >= 4 is 11.6 Å². The average molecular weight is 282 g/mol. The fourth-order valence-electron chi connectivity index (χ4n) is 2.06. The third-order valence-corrected chi connectivity index (χ3v) is 3.19. The summed E-state index contributed by atoms with van der Waals surface area (Å²) in [7, 11) is 0. The SMILES string of the molecule is CCNC(c1cc(F)cc(F)c1)c1ccccc1Cl. The molecule has 0 fully saturated rings. The van der Waals surface area contributed by atoms with Crippen LogP contribution in [0.25, 0.3) is 0 Å². The molecule has 2 aromatic carbocycles. The van der Waals surface area contributed by atoms with Crippen LogP contribution in [0, 0.1) is 11.6 Å². The molecule has 1 unspecified atom stereocenters. The quantitative estimate of drug-likeness (QED) is 0.880. The van der Waals surface area contributed by atoms with E-state index >= 15 is 0 Å². The van der Waals surface area contributed by atoms with Crippen LogP contribution in [-0.2, 0) is 0 Å². The lowest BCUT2D eigenvalue weighted by atomic mass is 9.98. The predicted octanol–water partition coefficient (Wildman–Crippen LogP) is 4.32. The van der Waals surface area contributed by atoms with E-state index in [1.807, 2.05) is 25.1 Å². The molecule has 0 aliphatic carbocycles. The van der Waals surface area contributed by atoms with Gasteiger partial charge in [0, 0.05) is 11.1 Å². The van der Waals surface area contributed by atoms with Crippen LogP contribution in [0.5, 0.6) is 0 Å². The first-order valence-electron chi connectivity index (χ1n) is 6.05. The lowest BCUT2D eigenvalue weighted by Crippen LogP contribution is -2.22.